The summed E-state index contributed by atoms with van der Waals surface area (Å²) in [6.45, 7) is 1.93. The maximum absolute atomic E-state index is 12.7. The van der Waals surface area contributed by atoms with Gasteiger partial charge >= 0.3 is 6.18 Å². The molecule has 0 radical (unpaired) electrons. The van der Waals surface area contributed by atoms with Crippen LogP contribution in [-0.4, -0.2) is 16.4 Å². The van der Waals surface area contributed by atoms with E-state index < -0.39 is 18.6 Å². The van der Waals surface area contributed by atoms with Crippen molar-refractivity contribution in [3.05, 3.63) is 40.9 Å². The zero-order valence-electron chi connectivity index (χ0n) is 10.8. The van der Waals surface area contributed by atoms with Crippen molar-refractivity contribution in [1.29, 1.82) is 0 Å². The number of nitrogens with zero attached hydrogens (tertiary/aromatic N) is 2. The second-order valence-electron chi connectivity index (χ2n) is 4.28. The Morgan fingerprint density at radius 2 is 1.90 bits per heavy atom. The van der Waals surface area contributed by atoms with E-state index in [0.717, 1.165) is 5.01 Å². The summed E-state index contributed by atoms with van der Waals surface area (Å²) in [6.07, 6.45) is -4.47. The van der Waals surface area contributed by atoms with Crippen LogP contribution in [0.3, 0.4) is 0 Å². The molecule has 2 aromatic rings. The zero-order chi connectivity index (χ0) is 14.6. The third-order valence-corrected chi connectivity index (χ3v) is 3.70. The first-order valence-corrected chi connectivity index (χ1v) is 7.00. The smallest absolute Gasteiger partial charge is 0.353 e. The van der Waals surface area contributed by atoms with Crippen LogP contribution in [0.15, 0.2) is 30.3 Å². The molecule has 0 saturated heterocycles. The molecule has 1 N–H and O–H groups in total. The van der Waals surface area contributed by atoms with Crippen molar-refractivity contribution in [2.75, 3.05) is 5.32 Å². The Kier molecular flexibility index (Phi) is 4.59. The fraction of sp³-hybridized carbons (Fsp3) is 0.385. The van der Waals surface area contributed by atoms with E-state index in [1.807, 2.05) is 6.92 Å². The van der Waals surface area contributed by atoms with Crippen LogP contribution in [0.1, 0.15) is 30.0 Å². The Hall–Kier alpha value is -1.63. The van der Waals surface area contributed by atoms with E-state index >= 15 is 0 Å². The molecule has 1 aromatic heterocycles. The Bertz CT molecular complexity index is 539. The van der Waals surface area contributed by atoms with Gasteiger partial charge in [0.2, 0.25) is 5.13 Å². The monoisotopic (exact) mass is 301 g/mol. The molecule has 1 heterocycles. The molecule has 2 rings (SSSR count). The van der Waals surface area contributed by atoms with Gasteiger partial charge in [-0.15, -0.1) is 10.2 Å². The normalized spacial score (nSPS) is 13.2. The van der Waals surface area contributed by atoms with Crippen molar-refractivity contribution >= 4 is 16.5 Å². The second kappa shape index (κ2) is 6.21. The Morgan fingerprint density at radius 1 is 1.20 bits per heavy atom. The molecule has 1 unspecified atom stereocenters. The molecule has 1 aromatic carbocycles. The second-order valence-corrected chi connectivity index (χ2v) is 5.34. The number of anilines is 1. The molecule has 0 fully saturated rings. The maximum atomic E-state index is 12.7. The van der Waals surface area contributed by atoms with E-state index in [1.54, 1.807) is 30.3 Å². The molecule has 0 saturated carbocycles. The van der Waals surface area contributed by atoms with Gasteiger partial charge in [0.05, 0.1) is 12.5 Å². The van der Waals surface area contributed by atoms with E-state index in [-0.39, 0.29) is 0 Å². The summed E-state index contributed by atoms with van der Waals surface area (Å²) in [4.78, 5) is 0. The van der Waals surface area contributed by atoms with Crippen LogP contribution < -0.4 is 5.32 Å². The van der Waals surface area contributed by atoms with E-state index in [4.69, 9.17) is 0 Å². The summed E-state index contributed by atoms with van der Waals surface area (Å²) in [7, 11) is 0. The fourth-order valence-corrected chi connectivity index (χ4v) is 2.50. The fourth-order valence-electron chi connectivity index (χ4n) is 1.77. The van der Waals surface area contributed by atoms with Gasteiger partial charge in [0.25, 0.3) is 0 Å². The Morgan fingerprint density at radius 3 is 2.45 bits per heavy atom. The van der Waals surface area contributed by atoms with E-state index in [1.165, 1.54) is 11.3 Å². The molecule has 0 aliphatic carbocycles. The lowest BCUT2D eigenvalue weighted by Gasteiger charge is -2.19. The lowest BCUT2D eigenvalue weighted by molar-refractivity contribution is -0.137. The molecule has 0 amide bonds. The van der Waals surface area contributed by atoms with E-state index in [0.29, 0.717) is 17.1 Å². The number of benzene rings is 1. The lowest BCUT2D eigenvalue weighted by atomic mass is 10.0. The summed E-state index contributed by atoms with van der Waals surface area (Å²) in [6, 6.07) is 7.70. The maximum Gasteiger partial charge on any atom is 0.391 e. The van der Waals surface area contributed by atoms with Gasteiger partial charge in [0.15, 0.2) is 0 Å². The highest BCUT2D eigenvalue weighted by Crippen LogP contribution is 2.32. The number of alkyl halides is 3. The first-order valence-electron chi connectivity index (χ1n) is 6.18. The van der Waals surface area contributed by atoms with E-state index in [9.17, 15) is 13.2 Å². The van der Waals surface area contributed by atoms with Gasteiger partial charge < -0.3 is 5.32 Å². The van der Waals surface area contributed by atoms with Crippen LogP contribution >= 0.6 is 11.3 Å². The standard InChI is InChI=1S/C13H14F3N3S/c1-2-11-18-19-12(20-11)17-10(8-13(14,15)16)9-6-4-3-5-7-9/h3-7,10H,2,8H2,1H3,(H,17,19). The minimum atomic E-state index is -4.24. The third-order valence-electron chi connectivity index (χ3n) is 2.70. The van der Waals surface area contributed by atoms with Crippen molar-refractivity contribution < 1.29 is 13.2 Å². The molecule has 108 valence electrons. The minimum Gasteiger partial charge on any atom is -0.353 e. The van der Waals surface area contributed by atoms with Gasteiger partial charge in [-0.1, -0.05) is 48.6 Å². The first kappa shape index (κ1) is 14.8. The molecule has 7 heteroatoms. The van der Waals surface area contributed by atoms with Crippen LogP contribution in [0.5, 0.6) is 0 Å². The molecule has 0 aliphatic heterocycles. The van der Waals surface area contributed by atoms with Crippen LogP contribution in [0.4, 0.5) is 18.3 Å². The molecule has 20 heavy (non-hydrogen) atoms. The quantitative estimate of drug-likeness (QED) is 0.899. The first-order chi connectivity index (χ1) is 9.48. The van der Waals surface area contributed by atoms with Crippen LogP contribution in [-0.2, 0) is 6.42 Å². The van der Waals surface area contributed by atoms with Gasteiger partial charge in [0.1, 0.15) is 5.01 Å². The minimum absolute atomic E-state index is 0.417. The summed E-state index contributed by atoms with van der Waals surface area (Å²) in [5.74, 6) is 0. The van der Waals surface area contributed by atoms with Crippen molar-refractivity contribution in [2.24, 2.45) is 0 Å². The number of rotatable bonds is 5. The topological polar surface area (TPSA) is 37.8 Å². The molecule has 3 nitrogen and oxygen atoms in total. The van der Waals surface area contributed by atoms with Gasteiger partial charge in [-0.3, -0.25) is 0 Å². The highest BCUT2D eigenvalue weighted by Gasteiger charge is 2.33. The highest BCUT2D eigenvalue weighted by atomic mass is 32.1. The van der Waals surface area contributed by atoms with Gasteiger partial charge in [0, 0.05) is 0 Å². The molecular formula is C13H14F3N3S. The van der Waals surface area contributed by atoms with Gasteiger partial charge in [-0.25, -0.2) is 0 Å². The summed E-state index contributed by atoms with van der Waals surface area (Å²) >= 11 is 1.28. The third kappa shape index (κ3) is 4.19. The predicted octanol–water partition coefficient (Wildman–Crippen LogP) is 4.21. The number of aromatic nitrogens is 2. The largest absolute Gasteiger partial charge is 0.391 e. The molecule has 0 spiro atoms. The number of hydrogen-bond donors (Lipinski definition) is 1. The zero-order valence-corrected chi connectivity index (χ0v) is 11.6. The average molecular weight is 301 g/mol. The molecular weight excluding hydrogens is 287 g/mol. The van der Waals surface area contributed by atoms with Crippen molar-refractivity contribution in [3.63, 3.8) is 0 Å². The summed E-state index contributed by atoms with van der Waals surface area (Å²) in [5.41, 5.74) is 0.582. The van der Waals surface area contributed by atoms with Gasteiger partial charge in [-0.2, -0.15) is 13.2 Å². The van der Waals surface area contributed by atoms with Crippen molar-refractivity contribution in [3.8, 4) is 0 Å². The number of aryl methyl sites for hydroxylation is 1. The summed E-state index contributed by atoms with van der Waals surface area (Å²) in [5, 5.41) is 11.8. The molecule has 1 atom stereocenters. The average Bonchev–Trinajstić information content (AvgIpc) is 2.85. The summed E-state index contributed by atoms with van der Waals surface area (Å²) < 4.78 is 38.1. The van der Waals surface area contributed by atoms with Crippen LogP contribution in [0.25, 0.3) is 0 Å². The SMILES string of the molecule is CCc1nnc(NC(CC(F)(F)F)c2ccccc2)s1. The van der Waals surface area contributed by atoms with E-state index in [2.05, 4.69) is 15.5 Å². The lowest BCUT2D eigenvalue weighted by Crippen LogP contribution is -2.20. The van der Waals surface area contributed by atoms with Crippen molar-refractivity contribution in [1.82, 2.24) is 10.2 Å². The molecule has 0 aliphatic rings. The Labute approximate surface area is 118 Å². The van der Waals surface area contributed by atoms with Crippen molar-refractivity contribution in [2.45, 2.75) is 32.0 Å². The van der Waals surface area contributed by atoms with Crippen LogP contribution in [0.2, 0.25) is 0 Å². The highest BCUT2D eigenvalue weighted by molar-refractivity contribution is 7.15. The predicted molar refractivity (Wildman–Crippen MR) is 72.8 cm³/mol. The molecule has 0 bridgehead atoms. The Balaban J connectivity index is 2.18. The number of hydrogen-bond acceptors (Lipinski definition) is 4. The number of halogens is 3. The van der Waals surface area contributed by atoms with Gasteiger partial charge in [-0.05, 0) is 12.0 Å². The number of nitrogens with one attached hydrogen (secondary N) is 1. The van der Waals surface area contributed by atoms with Crippen LogP contribution in [0, 0.1) is 0 Å².